The standard InChI is InChI=1S/C15H22N2O3/c1-3-12(8-9-18)17-15(20)11-6-5-7-13(10-11)16-14(19)4-2/h5-7,10,12,18H,3-4,8-9H2,1-2H3,(H,16,19)(H,17,20). The van der Waals surface area contributed by atoms with E-state index in [0.717, 1.165) is 6.42 Å². The Labute approximate surface area is 119 Å². The van der Waals surface area contributed by atoms with E-state index in [1.54, 1.807) is 31.2 Å². The molecule has 0 saturated carbocycles. The summed E-state index contributed by atoms with van der Waals surface area (Å²) in [5.74, 6) is -0.285. The predicted octanol–water partition coefficient (Wildman–Crippen LogP) is 1.93. The first-order chi connectivity index (χ1) is 9.60. The molecule has 0 aliphatic heterocycles. The van der Waals surface area contributed by atoms with Gasteiger partial charge >= 0.3 is 0 Å². The van der Waals surface area contributed by atoms with E-state index in [1.165, 1.54) is 0 Å². The Balaban J connectivity index is 2.72. The predicted molar refractivity (Wildman–Crippen MR) is 78.6 cm³/mol. The molecular formula is C15H22N2O3. The van der Waals surface area contributed by atoms with Crippen LogP contribution in [0, 0.1) is 0 Å². The molecule has 110 valence electrons. The van der Waals surface area contributed by atoms with Crippen molar-refractivity contribution in [3.8, 4) is 0 Å². The van der Waals surface area contributed by atoms with E-state index < -0.39 is 0 Å². The van der Waals surface area contributed by atoms with E-state index in [0.29, 0.717) is 24.1 Å². The number of hydrogen-bond acceptors (Lipinski definition) is 3. The third-order valence-electron chi connectivity index (χ3n) is 3.04. The molecule has 1 rings (SSSR count). The minimum atomic E-state index is -0.196. The third kappa shape index (κ3) is 5.01. The van der Waals surface area contributed by atoms with Crippen molar-refractivity contribution < 1.29 is 14.7 Å². The molecule has 2 amide bonds. The Hall–Kier alpha value is -1.88. The van der Waals surface area contributed by atoms with E-state index in [4.69, 9.17) is 5.11 Å². The average molecular weight is 278 g/mol. The number of nitrogens with one attached hydrogen (secondary N) is 2. The van der Waals surface area contributed by atoms with Gasteiger partial charge in [-0.2, -0.15) is 0 Å². The van der Waals surface area contributed by atoms with Crippen LogP contribution in [0.3, 0.4) is 0 Å². The number of hydrogen-bond donors (Lipinski definition) is 3. The maximum absolute atomic E-state index is 12.1. The smallest absolute Gasteiger partial charge is 0.251 e. The second-order valence-corrected chi connectivity index (χ2v) is 4.57. The Morgan fingerprint density at radius 3 is 2.65 bits per heavy atom. The van der Waals surface area contributed by atoms with Crippen molar-refractivity contribution in [2.45, 2.75) is 39.2 Å². The molecule has 1 aromatic rings. The Morgan fingerprint density at radius 1 is 1.30 bits per heavy atom. The fourth-order valence-electron chi connectivity index (χ4n) is 1.79. The van der Waals surface area contributed by atoms with Crippen LogP contribution in [-0.2, 0) is 4.79 Å². The van der Waals surface area contributed by atoms with E-state index >= 15 is 0 Å². The molecule has 0 spiro atoms. The van der Waals surface area contributed by atoms with Crippen LogP contribution in [0.2, 0.25) is 0 Å². The molecule has 0 fully saturated rings. The normalized spacial score (nSPS) is 11.8. The van der Waals surface area contributed by atoms with Gasteiger partial charge < -0.3 is 15.7 Å². The third-order valence-corrected chi connectivity index (χ3v) is 3.04. The SMILES string of the molecule is CCC(=O)Nc1cccc(C(=O)NC(CC)CCO)c1. The Morgan fingerprint density at radius 2 is 2.05 bits per heavy atom. The fourth-order valence-corrected chi connectivity index (χ4v) is 1.79. The molecule has 0 aromatic heterocycles. The minimum Gasteiger partial charge on any atom is -0.396 e. The number of carbonyl (C=O) groups excluding carboxylic acids is 2. The van der Waals surface area contributed by atoms with E-state index in [1.807, 2.05) is 6.92 Å². The number of amides is 2. The molecule has 1 unspecified atom stereocenters. The molecule has 3 N–H and O–H groups in total. The second kappa shape index (κ2) is 8.32. The van der Waals surface area contributed by atoms with Crippen LogP contribution >= 0.6 is 0 Å². The maximum atomic E-state index is 12.1. The highest BCUT2D eigenvalue weighted by Crippen LogP contribution is 2.11. The van der Waals surface area contributed by atoms with Gasteiger partial charge in [-0.25, -0.2) is 0 Å². The van der Waals surface area contributed by atoms with Crippen LogP contribution in [0.5, 0.6) is 0 Å². The number of anilines is 1. The lowest BCUT2D eigenvalue weighted by Crippen LogP contribution is -2.35. The van der Waals surface area contributed by atoms with E-state index in [-0.39, 0.29) is 24.5 Å². The lowest BCUT2D eigenvalue weighted by atomic mass is 10.1. The highest BCUT2D eigenvalue weighted by Gasteiger charge is 2.12. The molecule has 0 bridgehead atoms. The summed E-state index contributed by atoms with van der Waals surface area (Å²) in [5.41, 5.74) is 1.11. The Kier molecular flexibility index (Phi) is 6.73. The van der Waals surface area contributed by atoms with Gasteiger partial charge in [-0.1, -0.05) is 19.9 Å². The summed E-state index contributed by atoms with van der Waals surface area (Å²) in [4.78, 5) is 23.4. The van der Waals surface area contributed by atoms with E-state index in [9.17, 15) is 9.59 Å². The molecule has 20 heavy (non-hydrogen) atoms. The van der Waals surface area contributed by atoms with Crippen molar-refractivity contribution in [2.75, 3.05) is 11.9 Å². The molecule has 0 heterocycles. The molecule has 5 heteroatoms. The van der Waals surface area contributed by atoms with Crippen molar-refractivity contribution in [1.82, 2.24) is 5.32 Å². The molecule has 5 nitrogen and oxygen atoms in total. The summed E-state index contributed by atoms with van der Waals surface area (Å²) in [6.07, 6.45) is 1.69. The van der Waals surface area contributed by atoms with Crippen molar-refractivity contribution >= 4 is 17.5 Å². The summed E-state index contributed by atoms with van der Waals surface area (Å²) < 4.78 is 0. The summed E-state index contributed by atoms with van der Waals surface area (Å²) in [5, 5.41) is 14.5. The molecule has 0 saturated heterocycles. The zero-order valence-electron chi connectivity index (χ0n) is 12.0. The molecule has 1 aromatic carbocycles. The van der Waals surface area contributed by atoms with Crippen molar-refractivity contribution in [3.05, 3.63) is 29.8 Å². The molecule has 1 atom stereocenters. The summed E-state index contributed by atoms with van der Waals surface area (Å²) in [6.45, 7) is 3.77. The largest absolute Gasteiger partial charge is 0.396 e. The van der Waals surface area contributed by atoms with Crippen LogP contribution in [0.4, 0.5) is 5.69 Å². The lowest BCUT2D eigenvalue weighted by molar-refractivity contribution is -0.115. The van der Waals surface area contributed by atoms with Crippen molar-refractivity contribution in [3.63, 3.8) is 0 Å². The quantitative estimate of drug-likeness (QED) is 0.713. The van der Waals surface area contributed by atoms with Gasteiger partial charge in [0.1, 0.15) is 0 Å². The zero-order chi connectivity index (χ0) is 15.0. The van der Waals surface area contributed by atoms with Crippen LogP contribution in [0.15, 0.2) is 24.3 Å². The van der Waals surface area contributed by atoms with Gasteiger partial charge in [0.15, 0.2) is 0 Å². The van der Waals surface area contributed by atoms with Crippen molar-refractivity contribution in [2.24, 2.45) is 0 Å². The average Bonchev–Trinajstić information content (AvgIpc) is 2.46. The van der Waals surface area contributed by atoms with E-state index in [2.05, 4.69) is 10.6 Å². The van der Waals surface area contributed by atoms with Crippen LogP contribution in [-0.4, -0.2) is 29.6 Å². The maximum Gasteiger partial charge on any atom is 0.251 e. The summed E-state index contributed by atoms with van der Waals surface area (Å²) in [6, 6.07) is 6.78. The second-order valence-electron chi connectivity index (χ2n) is 4.57. The number of rotatable bonds is 7. The molecule has 0 aliphatic rings. The Bertz CT molecular complexity index is 460. The molecule has 0 aliphatic carbocycles. The molecular weight excluding hydrogens is 256 g/mol. The highest BCUT2D eigenvalue weighted by molar-refractivity contribution is 5.97. The summed E-state index contributed by atoms with van der Waals surface area (Å²) in [7, 11) is 0. The lowest BCUT2D eigenvalue weighted by Gasteiger charge is -2.16. The first-order valence-corrected chi connectivity index (χ1v) is 6.92. The van der Waals surface area contributed by atoms with Gasteiger partial charge in [0.2, 0.25) is 5.91 Å². The first kappa shape index (κ1) is 16.2. The van der Waals surface area contributed by atoms with Gasteiger partial charge in [0, 0.05) is 30.3 Å². The highest BCUT2D eigenvalue weighted by atomic mass is 16.3. The topological polar surface area (TPSA) is 78.4 Å². The fraction of sp³-hybridized carbons (Fsp3) is 0.467. The minimum absolute atomic E-state index is 0.0404. The van der Waals surface area contributed by atoms with Gasteiger partial charge in [0.25, 0.3) is 5.91 Å². The number of benzene rings is 1. The zero-order valence-corrected chi connectivity index (χ0v) is 12.0. The van der Waals surface area contributed by atoms with Gasteiger partial charge in [-0.15, -0.1) is 0 Å². The van der Waals surface area contributed by atoms with Gasteiger partial charge in [0.05, 0.1) is 0 Å². The summed E-state index contributed by atoms with van der Waals surface area (Å²) >= 11 is 0. The number of carbonyl (C=O) groups is 2. The monoisotopic (exact) mass is 278 g/mol. The molecule has 0 radical (unpaired) electrons. The van der Waals surface area contributed by atoms with Crippen molar-refractivity contribution in [1.29, 1.82) is 0 Å². The van der Waals surface area contributed by atoms with Gasteiger partial charge in [-0.3, -0.25) is 9.59 Å². The van der Waals surface area contributed by atoms with Gasteiger partial charge in [-0.05, 0) is 31.0 Å². The van der Waals surface area contributed by atoms with Crippen LogP contribution < -0.4 is 10.6 Å². The first-order valence-electron chi connectivity index (χ1n) is 6.92. The number of aliphatic hydroxyl groups is 1. The number of aliphatic hydroxyl groups excluding tert-OH is 1. The van der Waals surface area contributed by atoms with Crippen LogP contribution in [0.25, 0.3) is 0 Å². The van der Waals surface area contributed by atoms with Crippen LogP contribution in [0.1, 0.15) is 43.5 Å².